The lowest BCUT2D eigenvalue weighted by Gasteiger charge is -2.35. The van der Waals surface area contributed by atoms with Crippen molar-refractivity contribution in [3.8, 4) is 34.5 Å². The second-order valence-corrected chi connectivity index (χ2v) is 18.7. The number of aromatic nitrogens is 3. The smallest absolute Gasteiger partial charge is 0.430 e. The normalized spacial score (nSPS) is 14.1. The second-order valence-electron chi connectivity index (χ2n) is 13.4. The van der Waals surface area contributed by atoms with Crippen molar-refractivity contribution in [1.82, 2.24) is 14.1 Å². The van der Waals surface area contributed by atoms with E-state index in [9.17, 15) is 0 Å². The average Bonchev–Trinajstić information content (AvgIpc) is 3.66. The minimum absolute atomic E-state index is 0.756. The van der Waals surface area contributed by atoms with Crippen LogP contribution in [0, 0.1) is 0 Å². The molecule has 48 heavy (non-hydrogen) atoms. The summed E-state index contributed by atoms with van der Waals surface area (Å²) in [6.45, 7) is 0. The van der Waals surface area contributed by atoms with Crippen LogP contribution in [0.1, 0.15) is 0 Å². The van der Waals surface area contributed by atoms with E-state index in [4.69, 9.17) is 14.5 Å². The highest BCUT2D eigenvalue weighted by Crippen LogP contribution is 2.39. The molecular formula is C41H21Al2N3O2. The van der Waals surface area contributed by atoms with E-state index in [0.29, 0.717) is 0 Å². The van der Waals surface area contributed by atoms with Crippen LogP contribution in [0.2, 0.25) is 0 Å². The SMILES string of the molecule is c1cc2[c]3c(c1)-n1c4ccccc4c4ccc[c](c41)[Al]3[c]1cc3[c](nc1O2)[Al]1[c]2c(cccc2-n2c4ccccc4c4ccc[c]1c42)O3. The van der Waals surface area contributed by atoms with Crippen LogP contribution in [-0.4, -0.2) is 42.4 Å². The van der Waals surface area contributed by atoms with Gasteiger partial charge >= 0.3 is 28.3 Å². The fourth-order valence-corrected chi connectivity index (χ4v) is 16.3. The summed E-state index contributed by atoms with van der Waals surface area (Å²) in [6, 6.07) is 46.7. The predicted octanol–water partition coefficient (Wildman–Crippen LogP) is 5.15. The van der Waals surface area contributed by atoms with Crippen molar-refractivity contribution < 1.29 is 9.47 Å². The van der Waals surface area contributed by atoms with Crippen molar-refractivity contribution in [2.75, 3.05) is 0 Å². The summed E-state index contributed by atoms with van der Waals surface area (Å²) in [7, 11) is 0. The number of rotatable bonds is 0. The van der Waals surface area contributed by atoms with Gasteiger partial charge in [-0.2, -0.15) is 0 Å². The summed E-state index contributed by atoms with van der Waals surface area (Å²) in [5, 5.41) is 5.18. The van der Waals surface area contributed by atoms with Crippen LogP contribution in [0.25, 0.3) is 55.0 Å². The first-order valence-electron chi connectivity index (χ1n) is 16.5. The van der Waals surface area contributed by atoms with Crippen LogP contribution < -0.4 is 36.2 Å². The number of nitrogens with zero attached hydrogens (tertiary/aromatic N) is 3. The summed E-state index contributed by atoms with van der Waals surface area (Å²) in [5.41, 5.74) is 7.55. The number of ether oxygens (including phenoxy) is 2. The lowest BCUT2D eigenvalue weighted by Crippen LogP contribution is -2.62. The van der Waals surface area contributed by atoms with Crippen LogP contribution in [0.3, 0.4) is 0 Å². The number of para-hydroxylation sites is 4. The molecule has 0 amide bonds. The standard InChI is InChI=1S/C41H21N3O2.2Al/c1-5-19-37-33(15-1)34-16-2-6-20-38(34)43(37)28-11-9-13-30(25-28)45-32-23-24-41(42-27-32)46-31-14-10-12-29(26-31)44-39-21-7-3-17-35(39)36-18-4-8-22-40(36)44;;/h1-19,21,23H;;. The average molecular weight is 642 g/mol. The lowest BCUT2D eigenvalue weighted by atomic mass is 10.1. The lowest BCUT2D eigenvalue weighted by molar-refractivity contribution is 0.458. The molecular weight excluding hydrogens is 620 g/mol. The quantitative estimate of drug-likeness (QED) is 0.215. The van der Waals surface area contributed by atoms with E-state index in [1.54, 1.807) is 0 Å². The molecule has 0 radical (unpaired) electrons. The monoisotopic (exact) mass is 641 g/mol. The van der Waals surface area contributed by atoms with Gasteiger partial charge in [0.15, 0.2) is 0 Å². The van der Waals surface area contributed by atoms with Crippen LogP contribution in [0.4, 0.5) is 0 Å². The topological polar surface area (TPSA) is 41.2 Å². The zero-order chi connectivity index (χ0) is 30.8. The number of pyridine rings is 1. The molecule has 0 saturated heterocycles. The van der Waals surface area contributed by atoms with Crippen molar-refractivity contribution in [3.05, 3.63) is 127 Å². The van der Waals surface area contributed by atoms with Gasteiger partial charge in [0.2, 0.25) is 5.88 Å². The highest BCUT2D eigenvalue weighted by Gasteiger charge is 2.48. The highest BCUT2D eigenvalue weighted by atomic mass is 27.2. The molecule has 0 saturated carbocycles. The molecule has 218 valence electrons. The van der Waals surface area contributed by atoms with Crippen LogP contribution in [0.5, 0.6) is 23.1 Å². The minimum atomic E-state index is -2.04. The molecule has 0 aliphatic carbocycles. The Kier molecular flexibility index (Phi) is 4.35. The van der Waals surface area contributed by atoms with Crippen molar-refractivity contribution >= 4 is 98.6 Å². The van der Waals surface area contributed by atoms with Gasteiger partial charge in [-0.15, -0.1) is 0 Å². The number of hydrogen-bond acceptors (Lipinski definition) is 3. The van der Waals surface area contributed by atoms with Gasteiger partial charge in [-0.1, -0.05) is 93.8 Å². The van der Waals surface area contributed by atoms with E-state index < -0.39 is 28.3 Å². The summed E-state index contributed by atoms with van der Waals surface area (Å²) >= 11 is -4.02. The Morgan fingerprint density at radius 3 is 1.67 bits per heavy atom. The van der Waals surface area contributed by atoms with E-state index in [1.165, 1.54) is 77.1 Å². The zero-order valence-electron chi connectivity index (χ0n) is 25.4. The van der Waals surface area contributed by atoms with Crippen molar-refractivity contribution in [1.29, 1.82) is 0 Å². The molecule has 9 aromatic rings. The molecule has 7 heterocycles. The maximum absolute atomic E-state index is 6.93. The van der Waals surface area contributed by atoms with E-state index in [0.717, 1.165) is 27.7 Å². The van der Waals surface area contributed by atoms with Crippen LogP contribution in [-0.2, 0) is 0 Å². The molecule has 0 bridgehead atoms. The fraction of sp³-hybridized carbons (Fsp3) is 0. The molecule has 7 heteroatoms. The van der Waals surface area contributed by atoms with E-state index in [-0.39, 0.29) is 0 Å². The third kappa shape index (κ3) is 2.76. The Bertz CT molecular complexity index is 2790. The van der Waals surface area contributed by atoms with Gasteiger partial charge < -0.3 is 18.6 Å². The Hall–Kier alpha value is -5.27. The summed E-state index contributed by atoms with van der Waals surface area (Å²) < 4.78 is 26.4. The van der Waals surface area contributed by atoms with Gasteiger partial charge in [0.1, 0.15) is 17.2 Å². The molecule has 5 nitrogen and oxygen atoms in total. The van der Waals surface area contributed by atoms with Gasteiger partial charge in [0.05, 0.1) is 11.0 Å². The molecule has 0 fully saturated rings. The Balaban J connectivity index is 1.11. The molecule has 13 rings (SSSR count). The zero-order valence-corrected chi connectivity index (χ0v) is 27.7. The van der Waals surface area contributed by atoms with Crippen molar-refractivity contribution in [2.45, 2.75) is 0 Å². The Morgan fingerprint density at radius 2 is 1.00 bits per heavy atom. The molecule has 0 N–H and O–H groups in total. The second kappa shape index (κ2) is 8.41. The number of fused-ring (bicyclic) bond motifs is 14. The van der Waals surface area contributed by atoms with Gasteiger partial charge in [-0.25, -0.2) is 4.98 Å². The molecule has 0 atom stereocenters. The van der Waals surface area contributed by atoms with E-state index in [2.05, 4.69) is 137 Å². The Labute approximate surface area is 282 Å². The van der Waals surface area contributed by atoms with E-state index in [1.807, 2.05) is 0 Å². The van der Waals surface area contributed by atoms with Gasteiger partial charge in [0, 0.05) is 48.5 Å². The summed E-state index contributed by atoms with van der Waals surface area (Å²) in [6.07, 6.45) is 0. The molecule has 4 aliphatic rings. The van der Waals surface area contributed by atoms with Gasteiger partial charge in [0.25, 0.3) is 0 Å². The first-order valence-corrected chi connectivity index (χ1v) is 20.0. The molecule has 4 aliphatic heterocycles. The van der Waals surface area contributed by atoms with Crippen LogP contribution >= 0.6 is 0 Å². The number of benzene rings is 6. The highest BCUT2D eigenvalue weighted by molar-refractivity contribution is 7.00. The number of hydrogen-bond donors (Lipinski definition) is 0. The molecule has 0 unspecified atom stereocenters. The summed E-state index contributed by atoms with van der Waals surface area (Å²) in [5.74, 6) is 3.55. The minimum Gasteiger partial charge on any atom is -0.458 e. The largest absolute Gasteiger partial charge is 0.458 e. The van der Waals surface area contributed by atoms with E-state index >= 15 is 0 Å². The van der Waals surface area contributed by atoms with Crippen molar-refractivity contribution in [2.24, 2.45) is 0 Å². The molecule has 3 aromatic heterocycles. The summed E-state index contributed by atoms with van der Waals surface area (Å²) in [4.78, 5) is 5.54. The van der Waals surface area contributed by atoms with Gasteiger partial charge in [-0.3, -0.25) is 0 Å². The first kappa shape index (κ1) is 24.8. The van der Waals surface area contributed by atoms with Gasteiger partial charge in [-0.05, 0) is 55.7 Å². The third-order valence-corrected chi connectivity index (χ3v) is 17.7. The molecule has 6 aromatic carbocycles. The molecule has 0 spiro atoms. The predicted molar refractivity (Wildman–Crippen MR) is 195 cm³/mol. The first-order chi connectivity index (χ1) is 23.8. The maximum atomic E-state index is 6.93. The maximum Gasteiger partial charge on any atom is 0.430 e. The Morgan fingerprint density at radius 1 is 0.458 bits per heavy atom. The fourth-order valence-electron chi connectivity index (χ4n) is 9.49. The van der Waals surface area contributed by atoms with Crippen molar-refractivity contribution in [3.63, 3.8) is 0 Å². The third-order valence-electron chi connectivity index (χ3n) is 11.2. The van der Waals surface area contributed by atoms with Crippen LogP contribution in [0.15, 0.2) is 127 Å².